The molecule has 1 nitrogen and oxygen atoms in total. The minimum absolute atomic E-state index is 0.653. The van der Waals surface area contributed by atoms with Crippen LogP contribution in [0.15, 0.2) is 0 Å². The maximum Gasteiger partial charge on any atom is 0.0496 e. The fourth-order valence-corrected chi connectivity index (χ4v) is 0.289. The van der Waals surface area contributed by atoms with E-state index in [0.29, 0.717) is 5.92 Å². The maximum atomic E-state index is 4.80. The molecule has 0 heterocycles. The summed E-state index contributed by atoms with van der Waals surface area (Å²) in [5.41, 5.74) is 0. The van der Waals surface area contributed by atoms with E-state index in [4.69, 9.17) is 4.74 Å². The molecule has 0 saturated heterocycles. The predicted octanol–water partition coefficient (Wildman–Crippen LogP) is 1.49. The fraction of sp³-hybridized carbons (Fsp3) is 0.833. The van der Waals surface area contributed by atoms with Crippen molar-refractivity contribution >= 4 is 0 Å². The molecule has 0 aromatic heterocycles. The van der Waals surface area contributed by atoms with Gasteiger partial charge in [-0.05, 0) is 12.3 Å². The monoisotopic (exact) mass is 101 g/mol. The van der Waals surface area contributed by atoms with E-state index in [2.05, 4.69) is 20.3 Å². The second kappa shape index (κ2) is 4.13. The average Bonchev–Trinajstić information content (AvgIpc) is 1.61. The SMILES string of the molecule is COC[CH]C(C)C. The van der Waals surface area contributed by atoms with Crippen molar-refractivity contribution in [3.05, 3.63) is 6.42 Å². The van der Waals surface area contributed by atoms with Gasteiger partial charge in [0.2, 0.25) is 0 Å². The molecule has 0 amide bonds. The van der Waals surface area contributed by atoms with Crippen molar-refractivity contribution in [1.82, 2.24) is 0 Å². The van der Waals surface area contributed by atoms with Gasteiger partial charge in [-0.1, -0.05) is 13.8 Å². The normalized spacial score (nSPS) is 10.3. The standard InChI is InChI=1S/C6H13O/c1-6(2)4-5-7-3/h4,6H,5H2,1-3H3. The van der Waals surface area contributed by atoms with Crippen LogP contribution in [0.5, 0.6) is 0 Å². The predicted molar refractivity (Wildman–Crippen MR) is 31.0 cm³/mol. The molecule has 0 fully saturated rings. The van der Waals surface area contributed by atoms with Crippen molar-refractivity contribution in [2.75, 3.05) is 13.7 Å². The molecule has 1 radical (unpaired) electrons. The lowest BCUT2D eigenvalue weighted by molar-refractivity contribution is 0.215. The third-order valence-electron chi connectivity index (χ3n) is 0.734. The topological polar surface area (TPSA) is 9.23 Å². The van der Waals surface area contributed by atoms with Crippen LogP contribution in [0.3, 0.4) is 0 Å². The highest BCUT2D eigenvalue weighted by Gasteiger charge is 1.89. The minimum atomic E-state index is 0.653. The molecule has 0 atom stereocenters. The lowest BCUT2D eigenvalue weighted by atomic mass is 10.1. The van der Waals surface area contributed by atoms with E-state index in [1.165, 1.54) is 0 Å². The van der Waals surface area contributed by atoms with E-state index < -0.39 is 0 Å². The van der Waals surface area contributed by atoms with Gasteiger partial charge in [-0.3, -0.25) is 0 Å². The van der Waals surface area contributed by atoms with Crippen molar-refractivity contribution in [3.8, 4) is 0 Å². The molecule has 0 spiro atoms. The van der Waals surface area contributed by atoms with E-state index in [-0.39, 0.29) is 0 Å². The molecule has 0 rings (SSSR count). The van der Waals surface area contributed by atoms with Crippen molar-refractivity contribution < 1.29 is 4.74 Å². The molecular formula is C6H13O. The Morgan fingerprint density at radius 2 is 2.14 bits per heavy atom. The third kappa shape index (κ3) is 5.96. The molecule has 0 bridgehead atoms. The number of hydrogen-bond acceptors (Lipinski definition) is 1. The number of ether oxygens (including phenoxy) is 1. The van der Waals surface area contributed by atoms with Crippen LogP contribution < -0.4 is 0 Å². The third-order valence-corrected chi connectivity index (χ3v) is 0.734. The summed E-state index contributed by atoms with van der Waals surface area (Å²) in [7, 11) is 1.71. The first kappa shape index (κ1) is 6.96. The van der Waals surface area contributed by atoms with E-state index in [1.807, 2.05) is 0 Å². The van der Waals surface area contributed by atoms with Gasteiger partial charge in [0.25, 0.3) is 0 Å². The first-order chi connectivity index (χ1) is 3.27. The Morgan fingerprint density at radius 1 is 1.57 bits per heavy atom. The van der Waals surface area contributed by atoms with E-state index in [9.17, 15) is 0 Å². The Labute approximate surface area is 45.7 Å². The molecule has 7 heavy (non-hydrogen) atoms. The highest BCUT2D eigenvalue weighted by molar-refractivity contribution is 4.66. The van der Waals surface area contributed by atoms with Crippen LogP contribution in [0, 0.1) is 12.3 Å². The second-order valence-corrected chi connectivity index (χ2v) is 1.94. The van der Waals surface area contributed by atoms with Crippen LogP contribution in [-0.4, -0.2) is 13.7 Å². The number of hydrogen-bond donors (Lipinski definition) is 0. The van der Waals surface area contributed by atoms with Crippen molar-refractivity contribution in [3.63, 3.8) is 0 Å². The molecule has 0 aliphatic heterocycles. The Kier molecular flexibility index (Phi) is 4.10. The van der Waals surface area contributed by atoms with Gasteiger partial charge in [0.1, 0.15) is 0 Å². The summed E-state index contributed by atoms with van der Waals surface area (Å²) in [6.07, 6.45) is 2.12. The zero-order chi connectivity index (χ0) is 5.70. The summed E-state index contributed by atoms with van der Waals surface area (Å²) < 4.78 is 4.80. The molecule has 0 aromatic rings. The zero-order valence-corrected chi connectivity index (χ0v) is 5.27. The highest BCUT2D eigenvalue weighted by Crippen LogP contribution is 1.95. The molecule has 0 unspecified atom stereocenters. The lowest BCUT2D eigenvalue weighted by Crippen LogP contribution is -1.95. The lowest BCUT2D eigenvalue weighted by Gasteiger charge is -1.99. The van der Waals surface area contributed by atoms with E-state index in [0.717, 1.165) is 6.61 Å². The Hall–Kier alpha value is -0.0400. The minimum Gasteiger partial charge on any atom is -0.384 e. The summed E-state index contributed by atoms with van der Waals surface area (Å²) in [5.74, 6) is 0.653. The first-order valence-electron chi connectivity index (χ1n) is 2.59. The number of methoxy groups -OCH3 is 1. The molecule has 43 valence electrons. The summed E-state index contributed by atoms with van der Waals surface area (Å²) in [6.45, 7) is 5.05. The summed E-state index contributed by atoms with van der Waals surface area (Å²) in [5, 5.41) is 0. The van der Waals surface area contributed by atoms with Gasteiger partial charge in [-0.15, -0.1) is 0 Å². The van der Waals surface area contributed by atoms with Crippen molar-refractivity contribution in [1.29, 1.82) is 0 Å². The summed E-state index contributed by atoms with van der Waals surface area (Å²) >= 11 is 0. The van der Waals surface area contributed by atoms with Gasteiger partial charge in [0, 0.05) is 13.7 Å². The fourth-order valence-electron chi connectivity index (χ4n) is 0.289. The van der Waals surface area contributed by atoms with Crippen LogP contribution >= 0.6 is 0 Å². The Morgan fingerprint density at radius 3 is 2.29 bits per heavy atom. The molecule has 0 saturated carbocycles. The van der Waals surface area contributed by atoms with Gasteiger partial charge in [0.05, 0.1) is 0 Å². The summed E-state index contributed by atoms with van der Waals surface area (Å²) in [6, 6.07) is 0. The number of rotatable bonds is 3. The average molecular weight is 101 g/mol. The highest BCUT2D eigenvalue weighted by atomic mass is 16.5. The molecule has 0 aliphatic rings. The Balaban J connectivity index is 2.68. The van der Waals surface area contributed by atoms with Crippen LogP contribution in [0.1, 0.15) is 13.8 Å². The first-order valence-corrected chi connectivity index (χ1v) is 2.59. The van der Waals surface area contributed by atoms with Crippen molar-refractivity contribution in [2.45, 2.75) is 13.8 Å². The second-order valence-electron chi connectivity index (χ2n) is 1.94. The molecule has 1 heteroatoms. The van der Waals surface area contributed by atoms with Crippen LogP contribution in [0.2, 0.25) is 0 Å². The smallest absolute Gasteiger partial charge is 0.0496 e. The van der Waals surface area contributed by atoms with Crippen LogP contribution in [-0.2, 0) is 4.74 Å². The maximum absolute atomic E-state index is 4.80. The van der Waals surface area contributed by atoms with Gasteiger partial charge in [-0.25, -0.2) is 0 Å². The molecule has 0 aliphatic carbocycles. The van der Waals surface area contributed by atoms with E-state index >= 15 is 0 Å². The summed E-state index contributed by atoms with van der Waals surface area (Å²) in [4.78, 5) is 0. The zero-order valence-electron chi connectivity index (χ0n) is 5.27. The van der Waals surface area contributed by atoms with Gasteiger partial charge in [0.15, 0.2) is 0 Å². The quantitative estimate of drug-likeness (QED) is 0.523. The molecule has 0 aromatic carbocycles. The van der Waals surface area contributed by atoms with E-state index in [1.54, 1.807) is 7.11 Å². The molecule has 0 N–H and O–H groups in total. The molecular weight excluding hydrogens is 88.1 g/mol. The van der Waals surface area contributed by atoms with Crippen molar-refractivity contribution in [2.24, 2.45) is 5.92 Å². The van der Waals surface area contributed by atoms with Gasteiger partial charge in [-0.2, -0.15) is 0 Å². The van der Waals surface area contributed by atoms with Crippen LogP contribution in [0.4, 0.5) is 0 Å². The van der Waals surface area contributed by atoms with Crippen LogP contribution in [0.25, 0.3) is 0 Å². The van der Waals surface area contributed by atoms with Gasteiger partial charge >= 0.3 is 0 Å². The van der Waals surface area contributed by atoms with Gasteiger partial charge < -0.3 is 4.74 Å². The Bertz CT molecular complexity index is 33.2. The largest absolute Gasteiger partial charge is 0.384 e.